The second kappa shape index (κ2) is 3.01. The molecule has 2 N–H and O–H groups in total. The smallest absolute Gasteiger partial charge is 0.107 e. The van der Waals surface area contributed by atoms with Crippen LogP contribution >= 0.6 is 11.5 Å². The van der Waals surface area contributed by atoms with Gasteiger partial charge in [0.25, 0.3) is 0 Å². The number of hydrogen-bond donors (Lipinski definition) is 1. The van der Waals surface area contributed by atoms with E-state index in [0.717, 1.165) is 17.1 Å². The van der Waals surface area contributed by atoms with Crippen molar-refractivity contribution in [2.75, 3.05) is 5.73 Å². The molecule has 1 aromatic rings. The number of nitrogen functional groups attached to an aromatic ring is 1. The third-order valence-corrected chi connectivity index (χ3v) is 1.85. The summed E-state index contributed by atoms with van der Waals surface area (Å²) >= 11 is 1.37. The van der Waals surface area contributed by atoms with Crippen LogP contribution in [0.15, 0.2) is 6.07 Å². The molecule has 10 heavy (non-hydrogen) atoms. The summed E-state index contributed by atoms with van der Waals surface area (Å²) in [7, 11) is 0. The van der Waals surface area contributed by atoms with Gasteiger partial charge < -0.3 is 5.73 Å². The first-order chi connectivity index (χ1) is 4.68. The van der Waals surface area contributed by atoms with Crippen molar-refractivity contribution in [3.8, 4) is 0 Å². The molecule has 56 valence electrons. The van der Waals surface area contributed by atoms with E-state index in [9.17, 15) is 0 Å². The largest absolute Gasteiger partial charge is 0.389 e. The fourth-order valence-corrected chi connectivity index (χ4v) is 1.38. The van der Waals surface area contributed by atoms with Crippen molar-refractivity contribution in [2.45, 2.75) is 20.3 Å². The van der Waals surface area contributed by atoms with E-state index in [4.69, 9.17) is 5.73 Å². The molecule has 1 rings (SSSR count). The van der Waals surface area contributed by atoms with Gasteiger partial charge in [-0.05, 0) is 29.9 Å². The molecule has 0 unspecified atom stereocenters. The fraction of sp³-hybridized carbons (Fsp3) is 0.571. The molecule has 0 aliphatic rings. The van der Waals surface area contributed by atoms with Gasteiger partial charge in [-0.15, -0.1) is 0 Å². The van der Waals surface area contributed by atoms with Crippen LogP contribution in [-0.2, 0) is 6.42 Å². The monoisotopic (exact) mass is 156 g/mol. The summed E-state index contributed by atoms with van der Waals surface area (Å²) in [4.78, 5) is 0. The van der Waals surface area contributed by atoms with Crippen LogP contribution in [0.2, 0.25) is 0 Å². The average Bonchev–Trinajstić information content (AvgIpc) is 2.13. The van der Waals surface area contributed by atoms with Gasteiger partial charge in [0, 0.05) is 0 Å². The Hall–Kier alpha value is -0.570. The molecule has 1 heterocycles. The third kappa shape index (κ3) is 1.99. The average molecular weight is 156 g/mol. The number of hydrogen-bond acceptors (Lipinski definition) is 3. The zero-order valence-electron chi connectivity index (χ0n) is 6.29. The molecular formula is C7H12N2S. The lowest BCUT2D eigenvalue weighted by Crippen LogP contribution is -1.92. The molecule has 0 aliphatic carbocycles. The van der Waals surface area contributed by atoms with Gasteiger partial charge in [-0.3, -0.25) is 0 Å². The van der Waals surface area contributed by atoms with E-state index in [0.29, 0.717) is 5.92 Å². The molecule has 0 aromatic carbocycles. The lowest BCUT2D eigenvalue weighted by molar-refractivity contribution is 0.640. The van der Waals surface area contributed by atoms with Gasteiger partial charge in [0.1, 0.15) is 5.00 Å². The SMILES string of the molecule is CC(C)Cc1cc(N)sn1. The van der Waals surface area contributed by atoms with Gasteiger partial charge in [0.05, 0.1) is 5.69 Å². The number of anilines is 1. The lowest BCUT2D eigenvalue weighted by Gasteiger charge is -1.97. The highest BCUT2D eigenvalue weighted by Crippen LogP contribution is 2.14. The molecule has 1 aromatic heterocycles. The minimum absolute atomic E-state index is 0.668. The summed E-state index contributed by atoms with van der Waals surface area (Å²) in [6.45, 7) is 4.35. The second-order valence-electron chi connectivity index (χ2n) is 2.82. The predicted octanol–water partition coefficient (Wildman–Crippen LogP) is 1.92. The van der Waals surface area contributed by atoms with Gasteiger partial charge in [-0.25, -0.2) is 0 Å². The van der Waals surface area contributed by atoms with Crippen molar-refractivity contribution in [3.63, 3.8) is 0 Å². The summed E-state index contributed by atoms with van der Waals surface area (Å²) in [6.07, 6.45) is 1.04. The van der Waals surface area contributed by atoms with E-state index in [-0.39, 0.29) is 0 Å². The van der Waals surface area contributed by atoms with Crippen molar-refractivity contribution in [3.05, 3.63) is 11.8 Å². The molecule has 0 saturated carbocycles. The van der Waals surface area contributed by atoms with E-state index in [2.05, 4.69) is 18.2 Å². The van der Waals surface area contributed by atoms with E-state index in [1.54, 1.807) is 0 Å². The Labute approximate surface area is 65.2 Å². The number of aromatic nitrogens is 1. The first-order valence-electron chi connectivity index (χ1n) is 3.39. The summed E-state index contributed by atoms with van der Waals surface area (Å²) in [5.41, 5.74) is 6.63. The molecule has 0 amide bonds. The van der Waals surface area contributed by atoms with Crippen LogP contribution in [0, 0.1) is 5.92 Å². The molecule has 3 heteroatoms. The Bertz CT molecular complexity index is 205. The number of nitrogens with zero attached hydrogens (tertiary/aromatic N) is 1. The first kappa shape index (κ1) is 7.54. The standard InChI is InChI=1S/C7H12N2S/c1-5(2)3-6-4-7(8)10-9-6/h4-5H,3,8H2,1-2H3. The summed E-state index contributed by atoms with van der Waals surface area (Å²) in [5, 5.41) is 0.815. The maximum Gasteiger partial charge on any atom is 0.107 e. The normalized spacial score (nSPS) is 10.7. The highest BCUT2D eigenvalue weighted by molar-refractivity contribution is 7.10. The zero-order chi connectivity index (χ0) is 7.56. The van der Waals surface area contributed by atoms with Crippen LogP contribution in [0.1, 0.15) is 19.5 Å². The van der Waals surface area contributed by atoms with Gasteiger partial charge in [0.15, 0.2) is 0 Å². The first-order valence-corrected chi connectivity index (χ1v) is 4.17. The molecule has 0 aliphatic heterocycles. The van der Waals surface area contributed by atoms with Crippen LogP contribution in [-0.4, -0.2) is 4.37 Å². The molecule has 0 saturated heterocycles. The Morgan fingerprint density at radius 1 is 1.70 bits per heavy atom. The van der Waals surface area contributed by atoms with E-state index >= 15 is 0 Å². The zero-order valence-corrected chi connectivity index (χ0v) is 7.11. The van der Waals surface area contributed by atoms with Crippen molar-refractivity contribution in [2.24, 2.45) is 5.92 Å². The van der Waals surface area contributed by atoms with Gasteiger partial charge in [0.2, 0.25) is 0 Å². The Morgan fingerprint density at radius 2 is 2.40 bits per heavy atom. The van der Waals surface area contributed by atoms with Gasteiger partial charge in [-0.1, -0.05) is 13.8 Å². The minimum Gasteiger partial charge on any atom is -0.389 e. The lowest BCUT2D eigenvalue weighted by atomic mass is 10.1. The van der Waals surface area contributed by atoms with Crippen LogP contribution in [0.25, 0.3) is 0 Å². The fourth-order valence-electron chi connectivity index (χ4n) is 0.843. The molecular weight excluding hydrogens is 144 g/mol. The number of nitrogens with two attached hydrogens (primary N) is 1. The topological polar surface area (TPSA) is 38.9 Å². The van der Waals surface area contributed by atoms with Crippen LogP contribution in [0.3, 0.4) is 0 Å². The van der Waals surface area contributed by atoms with Crippen molar-refractivity contribution in [1.82, 2.24) is 4.37 Å². The minimum atomic E-state index is 0.668. The third-order valence-electron chi connectivity index (χ3n) is 1.19. The van der Waals surface area contributed by atoms with Gasteiger partial charge in [-0.2, -0.15) is 4.37 Å². The van der Waals surface area contributed by atoms with Crippen LogP contribution in [0.5, 0.6) is 0 Å². The molecule has 2 nitrogen and oxygen atoms in total. The molecule has 0 spiro atoms. The Morgan fingerprint density at radius 3 is 2.80 bits per heavy atom. The van der Waals surface area contributed by atoms with Crippen molar-refractivity contribution in [1.29, 1.82) is 0 Å². The maximum atomic E-state index is 5.51. The van der Waals surface area contributed by atoms with E-state index in [1.165, 1.54) is 11.5 Å². The summed E-state index contributed by atoms with van der Waals surface area (Å²) in [6, 6.07) is 1.95. The van der Waals surface area contributed by atoms with E-state index in [1.807, 2.05) is 6.07 Å². The predicted molar refractivity (Wildman–Crippen MR) is 45.1 cm³/mol. The highest BCUT2D eigenvalue weighted by atomic mass is 32.1. The second-order valence-corrected chi connectivity index (χ2v) is 3.66. The van der Waals surface area contributed by atoms with E-state index < -0.39 is 0 Å². The van der Waals surface area contributed by atoms with Crippen LogP contribution < -0.4 is 5.73 Å². The Kier molecular flexibility index (Phi) is 2.27. The van der Waals surface area contributed by atoms with Gasteiger partial charge >= 0.3 is 0 Å². The summed E-state index contributed by atoms with van der Waals surface area (Å²) < 4.78 is 4.17. The highest BCUT2D eigenvalue weighted by Gasteiger charge is 2.00. The van der Waals surface area contributed by atoms with Crippen LogP contribution in [0.4, 0.5) is 5.00 Å². The molecule has 0 fully saturated rings. The Balaban J connectivity index is 2.58. The molecule has 0 atom stereocenters. The van der Waals surface area contributed by atoms with Crippen molar-refractivity contribution < 1.29 is 0 Å². The quantitative estimate of drug-likeness (QED) is 0.710. The molecule has 0 bridgehead atoms. The molecule has 0 radical (unpaired) electrons. The maximum absolute atomic E-state index is 5.51. The summed E-state index contributed by atoms with van der Waals surface area (Å²) in [5.74, 6) is 0.668. The van der Waals surface area contributed by atoms with Crippen molar-refractivity contribution >= 4 is 16.5 Å². The number of rotatable bonds is 2.